The number of hydrogen-bond donors (Lipinski definition) is 0. The van der Waals surface area contributed by atoms with Crippen LogP contribution >= 0.6 is 0 Å². The van der Waals surface area contributed by atoms with E-state index in [-0.39, 0.29) is 6.04 Å². The summed E-state index contributed by atoms with van der Waals surface area (Å²) >= 11 is 0. The van der Waals surface area contributed by atoms with Crippen LogP contribution in [-0.4, -0.2) is 19.0 Å². The molecule has 1 aromatic carbocycles. The Hall–Kier alpha value is -1.84. The number of nitrogens with zero attached hydrogens (tertiary/aromatic N) is 3. The Labute approximate surface area is 83.8 Å². The van der Waals surface area contributed by atoms with Gasteiger partial charge in [-0.3, -0.25) is 4.90 Å². The second kappa shape index (κ2) is 4.41. The summed E-state index contributed by atoms with van der Waals surface area (Å²) in [6.45, 7) is 0. The molecule has 0 aliphatic heterocycles. The van der Waals surface area contributed by atoms with E-state index in [1.165, 1.54) is 0 Å². The molecule has 0 heterocycles. The minimum atomic E-state index is -0.356. The molecule has 70 valence electrons. The van der Waals surface area contributed by atoms with Crippen molar-refractivity contribution in [3.05, 3.63) is 35.4 Å². The third-order valence-electron chi connectivity index (χ3n) is 2.01. The van der Waals surface area contributed by atoms with Crippen LogP contribution < -0.4 is 0 Å². The summed E-state index contributed by atoms with van der Waals surface area (Å²) in [4.78, 5) is 1.79. The van der Waals surface area contributed by atoms with Gasteiger partial charge in [0, 0.05) is 5.56 Å². The van der Waals surface area contributed by atoms with E-state index in [4.69, 9.17) is 10.5 Å². The van der Waals surface area contributed by atoms with Crippen molar-refractivity contribution in [1.82, 2.24) is 4.90 Å². The van der Waals surface area contributed by atoms with Gasteiger partial charge in [-0.15, -0.1) is 0 Å². The highest BCUT2D eigenvalue weighted by atomic mass is 15.1. The number of hydrogen-bond acceptors (Lipinski definition) is 3. The van der Waals surface area contributed by atoms with Crippen molar-refractivity contribution in [3.8, 4) is 12.1 Å². The zero-order chi connectivity index (χ0) is 10.6. The molecule has 0 aliphatic carbocycles. The van der Waals surface area contributed by atoms with Crippen LogP contribution in [0, 0.1) is 22.7 Å². The van der Waals surface area contributed by atoms with Gasteiger partial charge in [-0.2, -0.15) is 10.5 Å². The monoisotopic (exact) mass is 185 g/mol. The maximum Gasteiger partial charge on any atom is 0.124 e. The third-order valence-corrected chi connectivity index (χ3v) is 2.01. The first-order chi connectivity index (χ1) is 6.70. The first-order valence-corrected chi connectivity index (χ1v) is 4.25. The van der Waals surface area contributed by atoms with Gasteiger partial charge in [0.25, 0.3) is 0 Å². The molecule has 1 unspecified atom stereocenters. The van der Waals surface area contributed by atoms with Gasteiger partial charge in [0.2, 0.25) is 0 Å². The molecule has 1 rings (SSSR count). The van der Waals surface area contributed by atoms with Crippen molar-refractivity contribution in [3.63, 3.8) is 0 Å². The molecule has 0 spiro atoms. The molecule has 1 aromatic rings. The Morgan fingerprint density at radius 3 is 2.36 bits per heavy atom. The summed E-state index contributed by atoms with van der Waals surface area (Å²) < 4.78 is 0. The molecule has 3 heteroatoms. The molecule has 0 saturated carbocycles. The van der Waals surface area contributed by atoms with Crippen molar-refractivity contribution in [2.45, 2.75) is 6.04 Å². The molecule has 0 N–H and O–H groups in total. The molecular weight excluding hydrogens is 174 g/mol. The van der Waals surface area contributed by atoms with Crippen LogP contribution in [0.15, 0.2) is 24.3 Å². The minimum Gasteiger partial charge on any atom is -0.290 e. The average molecular weight is 185 g/mol. The number of benzene rings is 1. The van der Waals surface area contributed by atoms with E-state index in [1.54, 1.807) is 17.0 Å². The van der Waals surface area contributed by atoms with Crippen molar-refractivity contribution in [2.75, 3.05) is 14.1 Å². The van der Waals surface area contributed by atoms with Gasteiger partial charge in [-0.1, -0.05) is 18.2 Å². The van der Waals surface area contributed by atoms with Gasteiger partial charge in [-0.05, 0) is 20.2 Å². The van der Waals surface area contributed by atoms with E-state index in [9.17, 15) is 0 Å². The smallest absolute Gasteiger partial charge is 0.124 e. The fourth-order valence-electron chi connectivity index (χ4n) is 1.30. The lowest BCUT2D eigenvalue weighted by atomic mass is 10.0. The van der Waals surface area contributed by atoms with Crippen molar-refractivity contribution in [2.24, 2.45) is 0 Å². The number of nitriles is 2. The molecule has 0 aromatic heterocycles. The van der Waals surface area contributed by atoms with E-state index in [0.717, 1.165) is 5.56 Å². The van der Waals surface area contributed by atoms with Crippen LogP contribution in [0.1, 0.15) is 17.2 Å². The van der Waals surface area contributed by atoms with E-state index >= 15 is 0 Å². The van der Waals surface area contributed by atoms with E-state index in [1.807, 2.05) is 26.2 Å². The van der Waals surface area contributed by atoms with Crippen LogP contribution in [0.5, 0.6) is 0 Å². The predicted molar refractivity (Wildman–Crippen MR) is 53.2 cm³/mol. The highest BCUT2D eigenvalue weighted by Gasteiger charge is 2.15. The van der Waals surface area contributed by atoms with Gasteiger partial charge in [0.15, 0.2) is 0 Å². The second-order valence-electron chi connectivity index (χ2n) is 3.19. The van der Waals surface area contributed by atoms with Crippen LogP contribution in [0.25, 0.3) is 0 Å². The van der Waals surface area contributed by atoms with Gasteiger partial charge in [0.05, 0.1) is 17.7 Å². The lowest BCUT2D eigenvalue weighted by Crippen LogP contribution is -2.19. The maximum atomic E-state index is 8.97. The molecule has 0 bridgehead atoms. The molecular formula is C11H11N3. The van der Waals surface area contributed by atoms with E-state index in [0.29, 0.717) is 5.56 Å². The van der Waals surface area contributed by atoms with Crippen molar-refractivity contribution >= 4 is 0 Å². The molecule has 0 saturated heterocycles. The Morgan fingerprint density at radius 1 is 1.21 bits per heavy atom. The fraction of sp³-hybridized carbons (Fsp3) is 0.273. The van der Waals surface area contributed by atoms with Crippen molar-refractivity contribution < 1.29 is 0 Å². The summed E-state index contributed by atoms with van der Waals surface area (Å²) in [5, 5.41) is 17.8. The first kappa shape index (κ1) is 10.2. The highest BCUT2D eigenvalue weighted by Crippen LogP contribution is 2.20. The topological polar surface area (TPSA) is 50.8 Å². The van der Waals surface area contributed by atoms with Gasteiger partial charge < -0.3 is 0 Å². The molecule has 1 atom stereocenters. The summed E-state index contributed by atoms with van der Waals surface area (Å²) in [5.74, 6) is 0. The largest absolute Gasteiger partial charge is 0.290 e. The fourth-order valence-corrected chi connectivity index (χ4v) is 1.30. The third kappa shape index (κ3) is 1.90. The van der Waals surface area contributed by atoms with E-state index in [2.05, 4.69) is 12.1 Å². The molecule has 0 radical (unpaired) electrons. The summed E-state index contributed by atoms with van der Waals surface area (Å²) in [7, 11) is 3.64. The zero-order valence-electron chi connectivity index (χ0n) is 8.23. The quantitative estimate of drug-likeness (QED) is 0.704. The Kier molecular flexibility index (Phi) is 3.23. The summed E-state index contributed by atoms with van der Waals surface area (Å²) in [6, 6.07) is 11.1. The van der Waals surface area contributed by atoms with Crippen LogP contribution in [-0.2, 0) is 0 Å². The summed E-state index contributed by atoms with van der Waals surface area (Å²) in [6.07, 6.45) is 0. The number of rotatable bonds is 2. The molecule has 14 heavy (non-hydrogen) atoms. The van der Waals surface area contributed by atoms with Crippen LogP contribution in [0.2, 0.25) is 0 Å². The Balaban J connectivity index is 3.19. The maximum absolute atomic E-state index is 8.97. The summed E-state index contributed by atoms with van der Waals surface area (Å²) in [5.41, 5.74) is 1.33. The molecule has 0 aliphatic rings. The first-order valence-electron chi connectivity index (χ1n) is 4.25. The highest BCUT2D eigenvalue weighted by molar-refractivity contribution is 5.41. The lowest BCUT2D eigenvalue weighted by molar-refractivity contribution is 0.358. The van der Waals surface area contributed by atoms with Gasteiger partial charge in [-0.25, -0.2) is 0 Å². The standard InChI is InChI=1S/C11H11N3/c1-14(2)11(8-13)10-6-4-3-5-9(10)7-12/h3-6,11H,1-2H3. The van der Waals surface area contributed by atoms with Gasteiger partial charge in [0.1, 0.15) is 6.04 Å². The normalized spacial score (nSPS) is 11.8. The molecule has 3 nitrogen and oxygen atoms in total. The van der Waals surface area contributed by atoms with E-state index < -0.39 is 0 Å². The Bertz CT molecular complexity index is 396. The van der Waals surface area contributed by atoms with Gasteiger partial charge >= 0.3 is 0 Å². The zero-order valence-corrected chi connectivity index (χ0v) is 8.23. The molecule has 0 amide bonds. The van der Waals surface area contributed by atoms with Crippen molar-refractivity contribution in [1.29, 1.82) is 10.5 Å². The van der Waals surface area contributed by atoms with Crippen LogP contribution in [0.4, 0.5) is 0 Å². The van der Waals surface area contributed by atoms with Crippen LogP contribution in [0.3, 0.4) is 0 Å². The lowest BCUT2D eigenvalue weighted by Gasteiger charge is -2.18. The minimum absolute atomic E-state index is 0.356. The average Bonchev–Trinajstić information content (AvgIpc) is 2.19. The SMILES string of the molecule is CN(C)C(C#N)c1ccccc1C#N. The Morgan fingerprint density at radius 2 is 1.86 bits per heavy atom. The second-order valence-corrected chi connectivity index (χ2v) is 3.19. The molecule has 0 fully saturated rings. The predicted octanol–water partition coefficient (Wildman–Crippen LogP) is 1.68.